The molecule has 0 aliphatic heterocycles. The fraction of sp³-hybridized carbons (Fsp3) is 0.333. The number of rotatable bonds is 9. The van der Waals surface area contributed by atoms with Crippen LogP contribution in [-0.4, -0.2) is 42.3 Å². The molecule has 30 heavy (non-hydrogen) atoms. The zero-order valence-electron chi connectivity index (χ0n) is 17.3. The minimum Gasteiger partial charge on any atom is -0.467 e. The number of aliphatic hydroxyl groups is 1. The molecule has 1 aliphatic rings. The van der Waals surface area contributed by atoms with Crippen LogP contribution in [0.25, 0.3) is 12.2 Å². The summed E-state index contributed by atoms with van der Waals surface area (Å²) in [7, 11) is 1.21. The van der Waals surface area contributed by atoms with Crippen molar-refractivity contribution in [1.82, 2.24) is 10.6 Å². The highest BCUT2D eigenvalue weighted by molar-refractivity contribution is 5.97. The second-order valence-corrected chi connectivity index (χ2v) is 7.57. The minimum atomic E-state index is -1.11. The highest BCUT2D eigenvalue weighted by Gasteiger charge is 2.26. The molecule has 0 saturated heterocycles. The Morgan fingerprint density at radius 1 is 1.07 bits per heavy atom. The second-order valence-electron chi connectivity index (χ2n) is 7.57. The molecule has 2 aromatic rings. The van der Waals surface area contributed by atoms with Gasteiger partial charge in [-0.25, -0.2) is 4.79 Å². The molecule has 3 N–H and O–H groups in total. The maximum atomic E-state index is 12.3. The highest BCUT2D eigenvalue weighted by Crippen LogP contribution is 2.19. The van der Waals surface area contributed by atoms with Gasteiger partial charge in [-0.1, -0.05) is 48.6 Å². The molecule has 1 saturated carbocycles. The summed E-state index contributed by atoms with van der Waals surface area (Å²) < 4.78 is 4.61. The molecule has 2 atom stereocenters. The Balaban J connectivity index is 1.56. The van der Waals surface area contributed by atoms with E-state index in [1.807, 2.05) is 24.3 Å². The smallest absolute Gasteiger partial charge is 0.331 e. The van der Waals surface area contributed by atoms with Crippen LogP contribution in [0.5, 0.6) is 0 Å². The number of benzene rings is 2. The zero-order chi connectivity index (χ0) is 21.5. The predicted octanol–water partition coefficient (Wildman–Crippen LogP) is 2.76. The van der Waals surface area contributed by atoms with E-state index < -0.39 is 24.0 Å². The van der Waals surface area contributed by atoms with Crippen molar-refractivity contribution in [3.63, 3.8) is 0 Å². The van der Waals surface area contributed by atoms with Crippen molar-refractivity contribution in [2.45, 2.75) is 44.5 Å². The Kier molecular flexibility index (Phi) is 7.38. The summed E-state index contributed by atoms with van der Waals surface area (Å²) in [5.41, 5.74) is 3.72. The first-order valence-electron chi connectivity index (χ1n) is 10.1. The summed E-state index contributed by atoms with van der Waals surface area (Å²) in [6.07, 6.45) is 5.51. The Morgan fingerprint density at radius 3 is 2.13 bits per heavy atom. The van der Waals surface area contributed by atoms with E-state index in [1.54, 1.807) is 12.1 Å². The third-order valence-electron chi connectivity index (χ3n) is 5.02. The Bertz CT molecular complexity index is 884. The van der Waals surface area contributed by atoms with E-state index in [2.05, 4.69) is 39.6 Å². The molecule has 158 valence electrons. The maximum Gasteiger partial charge on any atom is 0.331 e. The zero-order valence-corrected chi connectivity index (χ0v) is 17.3. The summed E-state index contributed by atoms with van der Waals surface area (Å²) in [5, 5.41) is 15.7. The number of esters is 1. The van der Waals surface area contributed by atoms with E-state index in [-0.39, 0.29) is 0 Å². The monoisotopic (exact) mass is 408 g/mol. The third-order valence-corrected chi connectivity index (χ3v) is 5.02. The number of nitrogens with one attached hydrogen (secondary N) is 2. The van der Waals surface area contributed by atoms with Crippen LogP contribution in [0.3, 0.4) is 0 Å². The molecule has 1 fully saturated rings. The number of hydrogen-bond acceptors (Lipinski definition) is 5. The topological polar surface area (TPSA) is 87.7 Å². The minimum absolute atomic E-state index is 0.397. The average molecular weight is 408 g/mol. The lowest BCUT2D eigenvalue weighted by Gasteiger charge is -2.18. The van der Waals surface area contributed by atoms with Gasteiger partial charge in [-0.05, 0) is 48.6 Å². The molecule has 1 amide bonds. The molecule has 0 spiro atoms. The van der Waals surface area contributed by atoms with Gasteiger partial charge in [0.05, 0.1) is 13.2 Å². The normalized spacial score (nSPS) is 15.6. The molecule has 0 aromatic heterocycles. The first kappa shape index (κ1) is 21.7. The van der Waals surface area contributed by atoms with Crippen LogP contribution in [0.15, 0.2) is 48.5 Å². The van der Waals surface area contributed by atoms with Gasteiger partial charge in [0.15, 0.2) is 6.04 Å². The number of aliphatic hydroxyl groups excluding tert-OH is 1. The number of ether oxygens (including phenoxy) is 1. The third kappa shape index (κ3) is 6.27. The van der Waals surface area contributed by atoms with Gasteiger partial charge >= 0.3 is 5.97 Å². The van der Waals surface area contributed by atoms with E-state index in [1.165, 1.54) is 32.4 Å². The molecule has 6 heteroatoms. The molecule has 3 rings (SSSR count). The van der Waals surface area contributed by atoms with Crippen molar-refractivity contribution in [3.05, 3.63) is 70.8 Å². The molecule has 6 nitrogen and oxygen atoms in total. The van der Waals surface area contributed by atoms with Gasteiger partial charge in [-0.2, -0.15) is 0 Å². The first-order valence-corrected chi connectivity index (χ1v) is 10.1. The van der Waals surface area contributed by atoms with Gasteiger partial charge in [0, 0.05) is 18.2 Å². The Labute approximate surface area is 177 Å². The molecule has 1 aliphatic carbocycles. The van der Waals surface area contributed by atoms with E-state index >= 15 is 0 Å². The lowest BCUT2D eigenvalue weighted by Crippen LogP contribution is -2.48. The number of amides is 1. The van der Waals surface area contributed by atoms with Crippen LogP contribution in [0.2, 0.25) is 0 Å². The van der Waals surface area contributed by atoms with Gasteiger partial charge in [0.1, 0.15) is 0 Å². The highest BCUT2D eigenvalue weighted by atomic mass is 16.5. The van der Waals surface area contributed by atoms with Gasteiger partial charge in [-0.15, -0.1) is 0 Å². The van der Waals surface area contributed by atoms with Crippen molar-refractivity contribution >= 4 is 24.0 Å². The van der Waals surface area contributed by atoms with E-state index in [9.17, 15) is 14.7 Å². The van der Waals surface area contributed by atoms with Gasteiger partial charge in [-0.3, -0.25) is 4.79 Å². The largest absolute Gasteiger partial charge is 0.467 e. The van der Waals surface area contributed by atoms with E-state index in [4.69, 9.17) is 0 Å². The molecule has 2 aromatic carbocycles. The summed E-state index contributed by atoms with van der Waals surface area (Å²) in [6.45, 7) is 2.33. The van der Waals surface area contributed by atoms with E-state index in [0.29, 0.717) is 11.6 Å². The Morgan fingerprint density at radius 2 is 1.63 bits per heavy atom. The lowest BCUT2D eigenvalue weighted by atomic mass is 10.1. The molecular weight excluding hydrogens is 380 g/mol. The summed E-state index contributed by atoms with van der Waals surface area (Å²) in [6, 6.07) is 15.0. The average Bonchev–Trinajstić information content (AvgIpc) is 3.59. The fourth-order valence-electron chi connectivity index (χ4n) is 2.96. The van der Waals surface area contributed by atoms with Crippen LogP contribution in [-0.2, 0) is 16.1 Å². The number of hydrogen-bond donors (Lipinski definition) is 3. The summed E-state index contributed by atoms with van der Waals surface area (Å²) in [4.78, 5) is 24.0. The van der Waals surface area contributed by atoms with Crippen LogP contribution in [0.1, 0.15) is 46.8 Å². The van der Waals surface area contributed by atoms with E-state index in [0.717, 1.165) is 17.7 Å². The van der Waals surface area contributed by atoms with Crippen molar-refractivity contribution in [3.8, 4) is 0 Å². The molecule has 0 radical (unpaired) electrons. The van der Waals surface area contributed by atoms with Gasteiger partial charge < -0.3 is 20.5 Å². The molecule has 0 heterocycles. The summed E-state index contributed by atoms with van der Waals surface area (Å²) >= 11 is 0. The fourth-order valence-corrected chi connectivity index (χ4v) is 2.96. The predicted molar refractivity (Wildman–Crippen MR) is 117 cm³/mol. The number of carbonyl (C=O) groups is 2. The number of carbonyl (C=O) groups excluding carboxylic acids is 2. The van der Waals surface area contributed by atoms with Gasteiger partial charge in [0.2, 0.25) is 0 Å². The SMILES string of the molecule is COC(=O)[C@@H](NC(=O)c1ccc(/C=C/c2ccc(CNC3CC3)cc2)cc1)[C@@H](C)O. The second kappa shape index (κ2) is 10.2. The van der Waals surface area contributed by atoms with Crippen molar-refractivity contribution < 1.29 is 19.4 Å². The van der Waals surface area contributed by atoms with Crippen LogP contribution in [0.4, 0.5) is 0 Å². The van der Waals surface area contributed by atoms with Gasteiger partial charge in [0.25, 0.3) is 5.91 Å². The maximum absolute atomic E-state index is 12.3. The summed E-state index contributed by atoms with van der Waals surface area (Å²) in [5.74, 6) is -1.13. The van der Waals surface area contributed by atoms with Crippen molar-refractivity contribution in [1.29, 1.82) is 0 Å². The van der Waals surface area contributed by atoms with Crippen LogP contribution in [0, 0.1) is 0 Å². The molecule has 0 unspecified atom stereocenters. The molecular formula is C24H28N2O4. The number of methoxy groups -OCH3 is 1. The molecule has 0 bridgehead atoms. The quantitative estimate of drug-likeness (QED) is 0.439. The van der Waals surface area contributed by atoms with Crippen LogP contribution >= 0.6 is 0 Å². The first-order chi connectivity index (χ1) is 14.5. The van der Waals surface area contributed by atoms with Crippen molar-refractivity contribution in [2.75, 3.05) is 7.11 Å². The van der Waals surface area contributed by atoms with Crippen molar-refractivity contribution in [2.24, 2.45) is 0 Å². The standard InChI is InChI=1S/C24H28N2O4/c1-16(27)22(24(29)30-2)26-23(28)20-11-9-18(10-12-20)4-3-17-5-7-19(8-6-17)15-25-21-13-14-21/h3-12,16,21-22,25,27H,13-15H2,1-2H3,(H,26,28)/b4-3+/t16-,22+/m1/s1. The lowest BCUT2D eigenvalue weighted by molar-refractivity contribution is -0.145. The Hall–Kier alpha value is -2.96. The van der Waals surface area contributed by atoms with Crippen LogP contribution < -0.4 is 10.6 Å².